The molecule has 0 radical (unpaired) electrons. The van der Waals surface area contributed by atoms with Crippen LogP contribution in [0.1, 0.15) is 26.7 Å². The summed E-state index contributed by atoms with van der Waals surface area (Å²) in [5, 5.41) is 9.74. The van der Waals surface area contributed by atoms with Crippen LogP contribution < -0.4 is 9.47 Å². The fourth-order valence-corrected chi connectivity index (χ4v) is 3.42. The Bertz CT molecular complexity index is 803. The van der Waals surface area contributed by atoms with E-state index in [2.05, 4.69) is 0 Å². The predicted octanol–water partition coefficient (Wildman–Crippen LogP) is 4.09. The predicted molar refractivity (Wildman–Crippen MR) is 105 cm³/mol. The second kappa shape index (κ2) is 8.33. The lowest BCUT2D eigenvalue weighted by molar-refractivity contribution is -0.137. The third-order valence-corrected chi connectivity index (χ3v) is 4.95. The van der Waals surface area contributed by atoms with Crippen LogP contribution in [0.3, 0.4) is 0 Å². The highest BCUT2D eigenvalue weighted by Crippen LogP contribution is 2.32. The second-order valence-corrected chi connectivity index (χ2v) is 7.30. The lowest BCUT2D eigenvalue weighted by atomic mass is 9.97. The summed E-state index contributed by atoms with van der Waals surface area (Å²) in [7, 11) is 1.62. The van der Waals surface area contributed by atoms with Crippen molar-refractivity contribution in [2.75, 3.05) is 20.3 Å². The van der Waals surface area contributed by atoms with Crippen molar-refractivity contribution in [2.24, 2.45) is 5.92 Å². The zero-order chi connectivity index (χ0) is 19.4. The summed E-state index contributed by atoms with van der Waals surface area (Å²) < 4.78 is 11.5. The Hall–Kier alpha value is -2.69. The van der Waals surface area contributed by atoms with E-state index in [1.807, 2.05) is 49.1 Å². The number of hydrogen-bond acceptors (Lipinski definition) is 4. The van der Waals surface area contributed by atoms with E-state index >= 15 is 0 Å². The quantitative estimate of drug-likeness (QED) is 0.833. The molecular weight excluding hydrogens is 342 g/mol. The Morgan fingerprint density at radius 3 is 2.63 bits per heavy atom. The summed E-state index contributed by atoms with van der Waals surface area (Å²) >= 11 is 0. The Kier molecular flexibility index (Phi) is 5.89. The Morgan fingerprint density at radius 1 is 1.15 bits per heavy atom. The molecule has 27 heavy (non-hydrogen) atoms. The number of rotatable bonds is 6. The fourth-order valence-electron chi connectivity index (χ4n) is 3.42. The molecule has 0 spiro atoms. The molecule has 1 N–H and O–H groups in total. The van der Waals surface area contributed by atoms with Crippen LogP contribution in [0, 0.1) is 5.92 Å². The van der Waals surface area contributed by atoms with Gasteiger partial charge in [0.1, 0.15) is 17.2 Å². The minimum atomic E-state index is 0.217. The third kappa shape index (κ3) is 4.73. The van der Waals surface area contributed by atoms with Gasteiger partial charge in [-0.3, -0.25) is 4.79 Å². The minimum Gasteiger partial charge on any atom is -0.508 e. The first-order valence-corrected chi connectivity index (χ1v) is 9.37. The molecule has 1 unspecified atom stereocenters. The molecule has 1 amide bonds. The highest BCUT2D eigenvalue weighted by molar-refractivity contribution is 5.77. The minimum absolute atomic E-state index is 0.217. The molecule has 1 saturated heterocycles. The number of piperidine rings is 1. The van der Waals surface area contributed by atoms with Crippen molar-refractivity contribution < 1.29 is 19.4 Å². The molecule has 1 fully saturated rings. The summed E-state index contributed by atoms with van der Waals surface area (Å²) in [6.07, 6.45) is 1.43. The lowest BCUT2D eigenvalue weighted by Crippen LogP contribution is -2.45. The molecule has 1 heterocycles. The maximum atomic E-state index is 12.0. The number of hydrogen-bond donors (Lipinski definition) is 1. The van der Waals surface area contributed by atoms with E-state index < -0.39 is 0 Å². The Morgan fingerprint density at radius 2 is 1.93 bits per heavy atom. The third-order valence-electron chi connectivity index (χ3n) is 4.95. The molecule has 1 atom stereocenters. The largest absolute Gasteiger partial charge is 0.508 e. The number of phenols is 1. The highest BCUT2D eigenvalue weighted by Gasteiger charge is 2.27. The van der Waals surface area contributed by atoms with Gasteiger partial charge in [0.15, 0.2) is 0 Å². The van der Waals surface area contributed by atoms with Gasteiger partial charge in [0.05, 0.1) is 13.7 Å². The van der Waals surface area contributed by atoms with Gasteiger partial charge < -0.3 is 19.5 Å². The van der Waals surface area contributed by atoms with Gasteiger partial charge in [0, 0.05) is 31.0 Å². The molecule has 0 saturated carbocycles. The van der Waals surface area contributed by atoms with Crippen molar-refractivity contribution in [3.63, 3.8) is 0 Å². The molecule has 0 aromatic heterocycles. The zero-order valence-corrected chi connectivity index (χ0v) is 16.1. The van der Waals surface area contributed by atoms with Crippen molar-refractivity contribution in [2.45, 2.75) is 32.7 Å². The molecule has 0 aliphatic carbocycles. The molecule has 2 aromatic rings. The second-order valence-electron chi connectivity index (χ2n) is 7.30. The molecule has 2 aromatic carbocycles. The van der Waals surface area contributed by atoms with Crippen LogP contribution in [-0.4, -0.2) is 42.2 Å². The van der Waals surface area contributed by atoms with Crippen molar-refractivity contribution in [1.29, 1.82) is 0 Å². The van der Waals surface area contributed by atoms with Crippen LogP contribution >= 0.6 is 0 Å². The van der Waals surface area contributed by atoms with Crippen LogP contribution in [0.15, 0.2) is 42.5 Å². The van der Waals surface area contributed by atoms with Gasteiger partial charge in [-0.1, -0.05) is 12.1 Å². The average Bonchev–Trinajstić information content (AvgIpc) is 2.66. The summed E-state index contributed by atoms with van der Waals surface area (Å²) in [6.45, 7) is 5.39. The number of methoxy groups -OCH3 is 1. The van der Waals surface area contributed by atoms with Crippen LogP contribution in [-0.2, 0) is 4.79 Å². The first-order chi connectivity index (χ1) is 13.0. The van der Waals surface area contributed by atoms with Crippen LogP contribution in [0.2, 0.25) is 0 Å². The number of carbonyl (C=O) groups is 1. The molecular formula is C22H27NO4. The molecule has 5 nitrogen and oxygen atoms in total. The van der Waals surface area contributed by atoms with Crippen molar-refractivity contribution in [1.82, 2.24) is 4.90 Å². The first kappa shape index (κ1) is 19.1. The van der Waals surface area contributed by atoms with Crippen LogP contribution in [0.25, 0.3) is 11.1 Å². The highest BCUT2D eigenvalue weighted by atomic mass is 16.5. The van der Waals surface area contributed by atoms with Crippen molar-refractivity contribution >= 4 is 5.91 Å². The van der Waals surface area contributed by atoms with Crippen LogP contribution in [0.5, 0.6) is 17.2 Å². The van der Waals surface area contributed by atoms with E-state index in [4.69, 9.17) is 9.47 Å². The zero-order valence-electron chi connectivity index (χ0n) is 16.1. The molecule has 144 valence electrons. The van der Waals surface area contributed by atoms with Gasteiger partial charge in [0.25, 0.3) is 0 Å². The van der Waals surface area contributed by atoms with E-state index in [1.165, 1.54) is 0 Å². The molecule has 1 aliphatic rings. The summed E-state index contributed by atoms with van der Waals surface area (Å²) in [4.78, 5) is 13.9. The molecule has 1 aliphatic heterocycles. The molecule has 0 bridgehead atoms. The maximum Gasteiger partial charge on any atom is 0.222 e. The SMILES string of the molecule is COc1cc(OCC2CCC(=O)N(C(C)C)C2)cc(-c2cccc(O)c2)c1. The monoisotopic (exact) mass is 369 g/mol. The summed E-state index contributed by atoms with van der Waals surface area (Å²) in [5.41, 5.74) is 1.82. The van der Waals surface area contributed by atoms with Gasteiger partial charge in [-0.25, -0.2) is 0 Å². The van der Waals surface area contributed by atoms with E-state index in [1.54, 1.807) is 19.2 Å². The lowest BCUT2D eigenvalue weighted by Gasteiger charge is -2.35. The van der Waals surface area contributed by atoms with Gasteiger partial charge in [-0.05, 0) is 55.7 Å². The fraction of sp³-hybridized carbons (Fsp3) is 0.409. The normalized spacial score (nSPS) is 17.3. The van der Waals surface area contributed by atoms with E-state index in [-0.39, 0.29) is 17.7 Å². The number of phenolic OH excluding ortho intramolecular Hbond substituents is 1. The van der Waals surface area contributed by atoms with E-state index in [9.17, 15) is 9.90 Å². The molecule has 3 rings (SSSR count). The number of amides is 1. The standard InChI is InChI=1S/C22H27NO4/c1-15(2)23-13-16(7-8-22(23)25)14-27-21-11-18(10-20(12-21)26-3)17-5-4-6-19(24)9-17/h4-6,9-12,15-16,24H,7-8,13-14H2,1-3H3. The smallest absolute Gasteiger partial charge is 0.222 e. The summed E-state index contributed by atoms with van der Waals surface area (Å²) in [6, 6.07) is 13.1. The number of carbonyl (C=O) groups excluding carboxylic acids is 1. The number of ether oxygens (including phenoxy) is 2. The van der Waals surface area contributed by atoms with E-state index in [0.29, 0.717) is 24.7 Å². The number of aromatic hydroxyl groups is 1. The van der Waals surface area contributed by atoms with Gasteiger partial charge >= 0.3 is 0 Å². The summed E-state index contributed by atoms with van der Waals surface area (Å²) in [5.74, 6) is 2.20. The number of nitrogens with zero attached hydrogens (tertiary/aromatic N) is 1. The Balaban J connectivity index is 1.73. The maximum absolute atomic E-state index is 12.0. The van der Waals surface area contributed by atoms with Crippen molar-refractivity contribution in [3.8, 4) is 28.4 Å². The van der Waals surface area contributed by atoms with Crippen LogP contribution in [0.4, 0.5) is 0 Å². The van der Waals surface area contributed by atoms with Gasteiger partial charge in [0.2, 0.25) is 5.91 Å². The van der Waals surface area contributed by atoms with Gasteiger partial charge in [-0.15, -0.1) is 0 Å². The van der Waals surface area contributed by atoms with Gasteiger partial charge in [-0.2, -0.15) is 0 Å². The number of likely N-dealkylation sites (tertiary alicyclic amines) is 1. The van der Waals surface area contributed by atoms with Crippen molar-refractivity contribution in [3.05, 3.63) is 42.5 Å². The number of benzene rings is 2. The molecule has 5 heteroatoms. The first-order valence-electron chi connectivity index (χ1n) is 9.37. The average molecular weight is 369 g/mol. The Labute approximate surface area is 160 Å². The van der Waals surface area contributed by atoms with E-state index in [0.717, 1.165) is 29.8 Å². The topological polar surface area (TPSA) is 59.0 Å².